The Morgan fingerprint density at radius 1 is 1.78 bits per heavy atom. The highest BCUT2D eigenvalue weighted by molar-refractivity contribution is 9.11. The second-order valence-electron chi connectivity index (χ2n) is 3.29. The van der Waals surface area contributed by atoms with Gasteiger partial charge in [0.05, 0.1) is 14.9 Å². The van der Waals surface area contributed by atoms with E-state index in [-0.39, 0.29) is 10.0 Å². The van der Waals surface area contributed by atoms with Crippen molar-refractivity contribution >= 4 is 54.7 Å². The lowest BCUT2D eigenvalue weighted by Gasteiger charge is -2.14. The molecule has 0 bridgehead atoms. The van der Waals surface area contributed by atoms with Gasteiger partial charge in [0.15, 0.2) is 5.84 Å². The van der Waals surface area contributed by atoms with Gasteiger partial charge in [0.25, 0.3) is 10.0 Å². The van der Waals surface area contributed by atoms with E-state index in [0.29, 0.717) is 15.2 Å². The van der Waals surface area contributed by atoms with Gasteiger partial charge in [-0.2, -0.15) is 4.72 Å². The molecule has 6 nitrogen and oxygen atoms in total. The molecule has 0 aromatic carbocycles. The van der Waals surface area contributed by atoms with Gasteiger partial charge in [-0.3, -0.25) is 0 Å². The van der Waals surface area contributed by atoms with Crippen molar-refractivity contribution in [1.82, 2.24) is 4.72 Å². The summed E-state index contributed by atoms with van der Waals surface area (Å²) >= 11 is 9.90. The quantitative estimate of drug-likeness (QED) is 0.316. The number of nitrogens with zero attached hydrogens (tertiary/aromatic N) is 1. The summed E-state index contributed by atoms with van der Waals surface area (Å²) in [5.74, 6) is -0.192. The molecule has 18 heavy (non-hydrogen) atoms. The van der Waals surface area contributed by atoms with Crippen molar-refractivity contribution in [3.05, 3.63) is 14.9 Å². The van der Waals surface area contributed by atoms with E-state index in [1.165, 1.54) is 6.07 Å². The Hall–Kier alpha value is -0.350. The topological polar surface area (TPSA) is 105 Å². The van der Waals surface area contributed by atoms with Crippen LogP contribution < -0.4 is 10.5 Å². The molecule has 0 spiro atoms. The van der Waals surface area contributed by atoms with Crippen LogP contribution in [0.15, 0.2) is 19.2 Å². The number of thiophene rings is 1. The van der Waals surface area contributed by atoms with Gasteiger partial charge in [-0.25, -0.2) is 8.42 Å². The summed E-state index contributed by atoms with van der Waals surface area (Å²) in [6, 6.07) is 0.567. The van der Waals surface area contributed by atoms with Gasteiger partial charge in [0.1, 0.15) is 4.21 Å². The summed E-state index contributed by atoms with van der Waals surface area (Å²) in [6.45, 7) is 1.71. The molecule has 0 aliphatic carbocycles. The van der Waals surface area contributed by atoms with Crippen molar-refractivity contribution in [3.63, 3.8) is 0 Å². The van der Waals surface area contributed by atoms with E-state index in [0.717, 1.165) is 11.3 Å². The lowest BCUT2D eigenvalue weighted by Crippen LogP contribution is -2.43. The Morgan fingerprint density at radius 3 is 2.78 bits per heavy atom. The molecule has 0 fully saturated rings. The fourth-order valence-corrected chi connectivity index (χ4v) is 4.83. The molecule has 1 heterocycles. The van der Waals surface area contributed by atoms with Gasteiger partial charge in [-0.15, -0.1) is 11.3 Å². The number of nitrogens with one attached hydrogen (secondary N) is 1. The highest BCUT2D eigenvalue weighted by Crippen LogP contribution is 2.34. The predicted molar refractivity (Wildman–Crippen MR) is 74.8 cm³/mol. The van der Waals surface area contributed by atoms with Gasteiger partial charge < -0.3 is 10.9 Å². The first-order valence-electron chi connectivity index (χ1n) is 4.76. The van der Waals surface area contributed by atoms with E-state index in [1.807, 2.05) is 0 Å². The van der Waals surface area contributed by atoms with Crippen LogP contribution in [0, 0.1) is 0 Å². The molecule has 0 radical (unpaired) electrons. The van der Waals surface area contributed by atoms with Gasteiger partial charge in [0.2, 0.25) is 0 Å². The van der Waals surface area contributed by atoms with Crippen LogP contribution >= 0.6 is 38.9 Å². The molecule has 0 aliphatic heterocycles. The van der Waals surface area contributed by atoms with Gasteiger partial charge >= 0.3 is 0 Å². The molecule has 1 unspecified atom stereocenters. The molecule has 10 heteroatoms. The molecule has 1 aromatic heterocycles. The van der Waals surface area contributed by atoms with Crippen LogP contribution in [0.2, 0.25) is 5.02 Å². The smallest absolute Gasteiger partial charge is 0.250 e. The van der Waals surface area contributed by atoms with Gasteiger partial charge in [-0.1, -0.05) is 23.7 Å². The minimum atomic E-state index is -3.75. The number of halogens is 2. The average Bonchev–Trinajstić information content (AvgIpc) is 2.66. The van der Waals surface area contributed by atoms with Crippen LogP contribution in [0.25, 0.3) is 0 Å². The molecule has 0 aliphatic rings. The number of oxime groups is 1. The van der Waals surface area contributed by atoms with Crippen molar-refractivity contribution in [2.75, 3.05) is 0 Å². The van der Waals surface area contributed by atoms with E-state index in [9.17, 15) is 8.42 Å². The Kier molecular flexibility index (Phi) is 5.41. The lowest BCUT2D eigenvalue weighted by atomic mass is 10.2. The first kappa shape index (κ1) is 15.7. The zero-order valence-corrected chi connectivity index (χ0v) is 13.2. The van der Waals surface area contributed by atoms with E-state index in [2.05, 4.69) is 25.8 Å². The monoisotopic (exact) mass is 375 g/mol. The van der Waals surface area contributed by atoms with E-state index < -0.39 is 16.1 Å². The van der Waals surface area contributed by atoms with Crippen LogP contribution in [-0.2, 0) is 10.0 Å². The molecule has 0 saturated heterocycles. The number of sulfonamides is 1. The Balaban J connectivity index is 3.01. The highest BCUT2D eigenvalue weighted by Gasteiger charge is 2.24. The zero-order chi connectivity index (χ0) is 13.9. The summed E-state index contributed by atoms with van der Waals surface area (Å²) < 4.78 is 27.0. The number of hydrogen-bond donors (Lipinski definition) is 3. The summed E-state index contributed by atoms with van der Waals surface area (Å²) in [4.78, 5) is 0. The maximum atomic E-state index is 12.0. The van der Waals surface area contributed by atoms with Crippen LogP contribution in [0.5, 0.6) is 0 Å². The number of nitrogens with two attached hydrogens (primary N) is 1. The zero-order valence-electron chi connectivity index (χ0n) is 9.22. The molecule has 1 rings (SSSR count). The maximum absolute atomic E-state index is 12.0. The summed E-state index contributed by atoms with van der Waals surface area (Å²) in [5.41, 5.74) is 5.39. The molecule has 0 saturated carbocycles. The third-order valence-electron chi connectivity index (χ3n) is 2.07. The fourth-order valence-electron chi connectivity index (χ4n) is 1.13. The predicted octanol–water partition coefficient (Wildman–Crippen LogP) is 1.97. The molecule has 4 N–H and O–H groups in total. The molecular formula is C8H11BrClN3O3S2. The van der Waals surface area contributed by atoms with Crippen molar-refractivity contribution in [2.45, 2.75) is 23.6 Å². The standard InChI is InChI=1S/C8H11BrClN3O3S2/c1-2-5(8(11)12-14)13-18(15,16)6-3-4(10)7(9)17-6/h3,5,13-14H,2H2,1H3,(H2,11,12). The minimum Gasteiger partial charge on any atom is -0.409 e. The fraction of sp³-hybridized carbons (Fsp3) is 0.375. The largest absolute Gasteiger partial charge is 0.409 e. The third-order valence-corrected chi connectivity index (χ3v) is 6.49. The Morgan fingerprint density at radius 2 is 2.39 bits per heavy atom. The van der Waals surface area contributed by atoms with Crippen molar-refractivity contribution in [2.24, 2.45) is 10.9 Å². The lowest BCUT2D eigenvalue weighted by molar-refractivity contribution is 0.315. The molecule has 1 atom stereocenters. The normalized spacial score (nSPS) is 14.7. The first-order chi connectivity index (χ1) is 8.31. The average molecular weight is 377 g/mol. The van der Waals surface area contributed by atoms with Gasteiger partial charge in [0, 0.05) is 0 Å². The second-order valence-corrected chi connectivity index (χ2v) is 8.01. The highest BCUT2D eigenvalue weighted by atomic mass is 79.9. The maximum Gasteiger partial charge on any atom is 0.250 e. The third kappa shape index (κ3) is 3.58. The molecule has 102 valence electrons. The molecular weight excluding hydrogens is 366 g/mol. The van der Waals surface area contributed by atoms with Crippen molar-refractivity contribution in [3.8, 4) is 0 Å². The van der Waals surface area contributed by atoms with Gasteiger partial charge in [-0.05, 0) is 28.4 Å². The summed E-state index contributed by atoms with van der Waals surface area (Å²) in [6.07, 6.45) is 0.357. The van der Waals surface area contributed by atoms with Crippen LogP contribution in [0.3, 0.4) is 0 Å². The van der Waals surface area contributed by atoms with E-state index in [4.69, 9.17) is 22.5 Å². The summed E-state index contributed by atoms with van der Waals surface area (Å²) in [7, 11) is -3.75. The second kappa shape index (κ2) is 6.20. The van der Waals surface area contributed by atoms with Crippen LogP contribution in [0.4, 0.5) is 0 Å². The van der Waals surface area contributed by atoms with Crippen molar-refractivity contribution in [1.29, 1.82) is 0 Å². The first-order valence-corrected chi connectivity index (χ1v) is 8.23. The number of hydrogen-bond acceptors (Lipinski definition) is 5. The Labute approximate surface area is 122 Å². The van der Waals surface area contributed by atoms with Crippen LogP contribution in [0.1, 0.15) is 13.3 Å². The van der Waals surface area contributed by atoms with E-state index >= 15 is 0 Å². The minimum absolute atomic E-state index is 0.0589. The van der Waals surface area contributed by atoms with Crippen molar-refractivity contribution < 1.29 is 13.6 Å². The molecule has 1 aromatic rings. The molecule has 0 amide bonds. The van der Waals surface area contributed by atoms with E-state index in [1.54, 1.807) is 6.92 Å². The SMILES string of the molecule is CCC(NS(=O)(=O)c1cc(Cl)c(Br)s1)C(N)=NO. The number of rotatable bonds is 5. The van der Waals surface area contributed by atoms with Crippen LogP contribution in [-0.4, -0.2) is 25.5 Å². The Bertz CT molecular complexity index is 538. The summed E-state index contributed by atoms with van der Waals surface area (Å²) in [5, 5.41) is 11.7. The number of amidine groups is 1.